The van der Waals surface area contributed by atoms with Crippen molar-refractivity contribution in [2.45, 2.75) is 13.8 Å². The van der Waals surface area contributed by atoms with Gasteiger partial charge in [0, 0.05) is 16.2 Å². The van der Waals surface area contributed by atoms with Crippen LogP contribution in [0.25, 0.3) is 0 Å². The number of amidine groups is 1. The Labute approximate surface area is 99.6 Å². The molecule has 0 atom stereocenters. The zero-order chi connectivity index (χ0) is 11.7. The van der Waals surface area contributed by atoms with E-state index in [-0.39, 0.29) is 0 Å². The molecule has 0 spiro atoms. The summed E-state index contributed by atoms with van der Waals surface area (Å²) in [6.07, 6.45) is 1.45. The van der Waals surface area contributed by atoms with Crippen LogP contribution in [0.5, 0.6) is 0 Å². The second kappa shape index (κ2) is 8.12. The smallest absolute Gasteiger partial charge is 0.158 e. The molecule has 1 aromatic carbocycles. The van der Waals surface area contributed by atoms with Crippen LogP contribution in [-0.4, -0.2) is 12.6 Å². The van der Waals surface area contributed by atoms with Crippen LogP contribution < -0.4 is 0 Å². The lowest BCUT2D eigenvalue weighted by molar-refractivity contribution is 1.47. The molecular weight excluding hydrogens is 252 g/mol. The Morgan fingerprint density at radius 3 is 2.20 bits per heavy atom. The van der Waals surface area contributed by atoms with Crippen LogP contribution in [0.2, 0.25) is 0 Å². The highest BCUT2D eigenvalue weighted by atomic mass is 79.9. The normalized spacial score (nSPS) is 9.93. The maximum absolute atomic E-state index is 3.98. The van der Waals surface area contributed by atoms with Crippen molar-refractivity contribution in [1.29, 1.82) is 0 Å². The van der Waals surface area contributed by atoms with Gasteiger partial charge in [-0.3, -0.25) is 0 Å². The fraction of sp³-hybridized carbons (Fsp3) is 0.167. The molecule has 3 heteroatoms. The van der Waals surface area contributed by atoms with E-state index in [9.17, 15) is 0 Å². The first kappa shape index (κ1) is 13.8. The highest BCUT2D eigenvalue weighted by Crippen LogP contribution is 2.11. The van der Waals surface area contributed by atoms with Crippen molar-refractivity contribution >= 4 is 28.5 Å². The van der Waals surface area contributed by atoms with E-state index in [1.54, 1.807) is 0 Å². The molecule has 0 aromatic heterocycles. The van der Waals surface area contributed by atoms with Gasteiger partial charge in [0.1, 0.15) is 0 Å². The van der Waals surface area contributed by atoms with Crippen LogP contribution in [-0.2, 0) is 0 Å². The van der Waals surface area contributed by atoms with E-state index >= 15 is 0 Å². The van der Waals surface area contributed by atoms with E-state index in [4.69, 9.17) is 0 Å². The van der Waals surface area contributed by atoms with E-state index in [1.165, 1.54) is 6.20 Å². The van der Waals surface area contributed by atoms with Gasteiger partial charge in [0.05, 0.1) is 0 Å². The standard InChI is InChI=1S/C10H9BrN2.C2H6/c1-3-13-10(12-2)8-4-6-9(11)7-5-8;1-2/h3-7H,1-2H2;1-2H3. The largest absolute Gasteiger partial charge is 0.245 e. The molecule has 0 fully saturated rings. The molecule has 0 aliphatic heterocycles. The van der Waals surface area contributed by atoms with Gasteiger partial charge in [0.2, 0.25) is 0 Å². The Morgan fingerprint density at radius 1 is 1.27 bits per heavy atom. The predicted molar refractivity (Wildman–Crippen MR) is 71.8 cm³/mol. The van der Waals surface area contributed by atoms with Gasteiger partial charge in [-0.05, 0) is 18.9 Å². The third kappa shape index (κ3) is 4.70. The lowest BCUT2D eigenvalue weighted by Crippen LogP contribution is -1.94. The topological polar surface area (TPSA) is 24.7 Å². The molecule has 0 saturated heterocycles. The minimum Gasteiger partial charge on any atom is -0.245 e. The van der Waals surface area contributed by atoms with Gasteiger partial charge in [-0.1, -0.05) is 48.5 Å². The Hall–Kier alpha value is -1.22. The van der Waals surface area contributed by atoms with Gasteiger partial charge in [-0.2, -0.15) is 0 Å². The molecule has 0 saturated carbocycles. The summed E-state index contributed by atoms with van der Waals surface area (Å²) in [6, 6.07) is 7.69. The monoisotopic (exact) mass is 266 g/mol. The quantitative estimate of drug-likeness (QED) is 0.570. The van der Waals surface area contributed by atoms with Crippen LogP contribution in [0.4, 0.5) is 0 Å². The maximum atomic E-state index is 3.98. The maximum Gasteiger partial charge on any atom is 0.158 e. The molecule has 0 aliphatic rings. The van der Waals surface area contributed by atoms with Crippen molar-refractivity contribution < 1.29 is 0 Å². The van der Waals surface area contributed by atoms with Gasteiger partial charge >= 0.3 is 0 Å². The summed E-state index contributed by atoms with van der Waals surface area (Å²) in [5, 5.41) is 0. The van der Waals surface area contributed by atoms with E-state index < -0.39 is 0 Å². The van der Waals surface area contributed by atoms with Crippen LogP contribution in [0, 0.1) is 0 Å². The zero-order valence-electron chi connectivity index (χ0n) is 9.07. The zero-order valence-corrected chi connectivity index (χ0v) is 10.7. The summed E-state index contributed by atoms with van der Waals surface area (Å²) in [4.78, 5) is 7.77. The number of aliphatic imine (C=N–C) groups is 2. The molecule has 0 amide bonds. The highest BCUT2D eigenvalue weighted by Gasteiger charge is 1.98. The lowest BCUT2D eigenvalue weighted by atomic mass is 10.2. The van der Waals surface area contributed by atoms with Gasteiger partial charge in [0.15, 0.2) is 5.84 Å². The summed E-state index contributed by atoms with van der Waals surface area (Å²) in [6.45, 7) is 10.9. The fourth-order valence-electron chi connectivity index (χ4n) is 0.892. The van der Waals surface area contributed by atoms with E-state index in [0.29, 0.717) is 5.84 Å². The van der Waals surface area contributed by atoms with E-state index in [1.807, 2.05) is 38.1 Å². The van der Waals surface area contributed by atoms with E-state index in [2.05, 4.69) is 39.2 Å². The third-order valence-electron chi connectivity index (χ3n) is 1.47. The number of hydrogen-bond acceptors (Lipinski definition) is 1. The van der Waals surface area contributed by atoms with Crippen molar-refractivity contribution in [3.63, 3.8) is 0 Å². The van der Waals surface area contributed by atoms with Crippen molar-refractivity contribution in [3.8, 4) is 0 Å². The number of nitrogens with zero attached hydrogens (tertiary/aromatic N) is 2. The van der Waals surface area contributed by atoms with Crippen molar-refractivity contribution in [3.05, 3.63) is 47.1 Å². The van der Waals surface area contributed by atoms with Gasteiger partial charge < -0.3 is 0 Å². The van der Waals surface area contributed by atoms with Gasteiger partial charge in [-0.15, -0.1) is 0 Å². The summed E-state index contributed by atoms with van der Waals surface area (Å²) in [5.41, 5.74) is 0.929. The summed E-state index contributed by atoms with van der Waals surface area (Å²) in [5.74, 6) is 0.586. The minimum absolute atomic E-state index is 0.586. The molecule has 0 heterocycles. The second-order valence-electron chi connectivity index (χ2n) is 2.30. The second-order valence-corrected chi connectivity index (χ2v) is 3.22. The van der Waals surface area contributed by atoms with Crippen molar-refractivity contribution in [2.75, 3.05) is 0 Å². The minimum atomic E-state index is 0.586. The van der Waals surface area contributed by atoms with Crippen LogP contribution in [0.15, 0.2) is 51.5 Å². The Kier molecular flexibility index (Phi) is 7.46. The SMILES string of the molecule is C=CN=C(N=C)c1ccc(Br)cc1.CC. The molecular formula is C12H15BrN2. The first-order valence-electron chi connectivity index (χ1n) is 4.69. The average Bonchev–Trinajstić information content (AvgIpc) is 2.30. The average molecular weight is 267 g/mol. The Bertz CT molecular complexity index is 339. The first-order valence-corrected chi connectivity index (χ1v) is 5.48. The van der Waals surface area contributed by atoms with Crippen molar-refractivity contribution in [1.82, 2.24) is 0 Å². The van der Waals surface area contributed by atoms with Gasteiger partial charge in [-0.25, -0.2) is 9.98 Å². The van der Waals surface area contributed by atoms with Crippen LogP contribution in [0.1, 0.15) is 19.4 Å². The molecule has 0 radical (unpaired) electrons. The molecule has 2 nitrogen and oxygen atoms in total. The molecule has 0 unspecified atom stereocenters. The number of halogens is 1. The molecule has 80 valence electrons. The summed E-state index contributed by atoms with van der Waals surface area (Å²) < 4.78 is 1.03. The number of benzene rings is 1. The number of hydrogen-bond donors (Lipinski definition) is 0. The molecule has 0 N–H and O–H groups in total. The highest BCUT2D eigenvalue weighted by molar-refractivity contribution is 9.10. The third-order valence-corrected chi connectivity index (χ3v) is 1.99. The molecule has 0 aliphatic carbocycles. The summed E-state index contributed by atoms with van der Waals surface area (Å²) >= 11 is 3.35. The van der Waals surface area contributed by atoms with Crippen molar-refractivity contribution in [2.24, 2.45) is 9.98 Å². The molecule has 1 aromatic rings. The molecule has 15 heavy (non-hydrogen) atoms. The lowest BCUT2D eigenvalue weighted by Gasteiger charge is -1.98. The van der Waals surface area contributed by atoms with Crippen LogP contribution >= 0.6 is 15.9 Å². The Morgan fingerprint density at radius 2 is 1.80 bits per heavy atom. The summed E-state index contributed by atoms with van der Waals surface area (Å²) in [7, 11) is 0. The first-order chi connectivity index (χ1) is 7.27. The predicted octanol–water partition coefficient (Wildman–Crippen LogP) is 4.07. The number of rotatable bonds is 2. The van der Waals surface area contributed by atoms with Crippen LogP contribution in [0.3, 0.4) is 0 Å². The molecule has 0 bridgehead atoms. The Balaban J connectivity index is 0.000000921. The van der Waals surface area contributed by atoms with Gasteiger partial charge in [0.25, 0.3) is 0 Å². The fourth-order valence-corrected chi connectivity index (χ4v) is 1.16. The van der Waals surface area contributed by atoms with E-state index in [0.717, 1.165) is 10.0 Å². The molecule has 1 rings (SSSR count).